The minimum absolute atomic E-state index is 0.348. The fourth-order valence-corrected chi connectivity index (χ4v) is 23.2. The van der Waals surface area contributed by atoms with Crippen LogP contribution >= 0.6 is 0 Å². The van der Waals surface area contributed by atoms with Crippen molar-refractivity contribution in [2.24, 2.45) is 0 Å². The number of rotatable bonds is 12. The van der Waals surface area contributed by atoms with E-state index in [1.807, 2.05) is 0 Å². The van der Waals surface area contributed by atoms with Crippen LogP contribution in [0.15, 0.2) is 48.5 Å². The van der Waals surface area contributed by atoms with E-state index in [-0.39, 0.29) is 0 Å². The normalized spacial score (nSPS) is 12.5. The summed E-state index contributed by atoms with van der Waals surface area (Å²) in [6, 6.07) is 19.9. The quantitative estimate of drug-likeness (QED) is 0.107. The molecule has 0 nitrogen and oxygen atoms in total. The summed E-state index contributed by atoms with van der Waals surface area (Å²) in [4.78, 5) is 0. The Kier molecular flexibility index (Phi) is 16.1. The number of aryl methyl sites for hydroxylation is 12. The molecule has 366 valence electrons. The topological polar surface area (TPSA) is 0 Å². The van der Waals surface area contributed by atoms with Gasteiger partial charge < -0.3 is 0 Å². The summed E-state index contributed by atoms with van der Waals surface area (Å²) in [5, 5.41) is 3.41. The molecule has 0 saturated heterocycles. The monoisotopic (exact) mass is 1060 g/mol. The van der Waals surface area contributed by atoms with Crippen molar-refractivity contribution in [1.82, 2.24) is 0 Å². The zero-order valence-corrected chi connectivity index (χ0v) is 53.3. The van der Waals surface area contributed by atoms with Crippen LogP contribution in [0.25, 0.3) is 44.5 Å². The summed E-state index contributed by atoms with van der Waals surface area (Å²) in [5.74, 6) is 1.39. The third-order valence-corrected chi connectivity index (χ3v) is 23.3. The van der Waals surface area contributed by atoms with Crippen LogP contribution in [0.2, 0.25) is 39.3 Å². The molecule has 0 atom stereocenters. The van der Waals surface area contributed by atoms with Crippen LogP contribution in [-0.2, 0) is 0 Å². The Morgan fingerprint density at radius 3 is 0.565 bits per heavy atom. The van der Waals surface area contributed by atoms with E-state index >= 15 is 0 Å². The minimum atomic E-state index is -2.00. The van der Waals surface area contributed by atoms with E-state index in [9.17, 15) is 0 Å². The average Bonchev–Trinajstić information content (AvgIpc) is 3.16. The summed E-state index contributed by atoms with van der Waals surface area (Å²) in [5.41, 5.74) is 35.5. The molecule has 6 aromatic carbocycles. The van der Waals surface area contributed by atoms with Crippen molar-refractivity contribution in [3.05, 3.63) is 138 Å². The van der Waals surface area contributed by atoms with Crippen LogP contribution in [0.5, 0.6) is 0 Å². The van der Waals surface area contributed by atoms with E-state index in [4.69, 9.17) is 0 Å². The maximum absolute atomic E-state index is 2.64. The van der Waals surface area contributed by atoms with Gasteiger partial charge in [0.15, 0.2) is 0 Å². The Bertz CT molecular complexity index is 2510. The second kappa shape index (κ2) is 20.2. The Morgan fingerprint density at radius 1 is 0.275 bits per heavy atom. The van der Waals surface area contributed by atoms with Gasteiger partial charge >= 0.3 is 438 Å². The zero-order valence-electron chi connectivity index (χ0n) is 48.4. The van der Waals surface area contributed by atoms with Gasteiger partial charge in [-0.1, -0.05) is 0 Å². The van der Waals surface area contributed by atoms with Crippen LogP contribution < -0.4 is 17.5 Å². The second-order valence-electron chi connectivity index (χ2n) is 25.0. The van der Waals surface area contributed by atoms with Gasteiger partial charge in [0, 0.05) is 0 Å². The molecule has 0 fully saturated rings. The first-order valence-electron chi connectivity index (χ1n) is 26.4. The third-order valence-electron chi connectivity index (χ3n) is 14.9. The van der Waals surface area contributed by atoms with Crippen molar-refractivity contribution in [2.75, 3.05) is 0 Å². The summed E-state index contributed by atoms with van der Waals surface area (Å²) in [6.45, 7) is 64.6. The fourth-order valence-electron chi connectivity index (χ4n) is 13.2. The third kappa shape index (κ3) is 10.3. The molecule has 2 radical (unpaired) electrons. The van der Waals surface area contributed by atoms with Gasteiger partial charge in [0.05, 0.1) is 0 Å². The second-order valence-corrected chi connectivity index (χ2v) is 38.6. The summed E-state index contributed by atoms with van der Waals surface area (Å²) in [7, 11) is -4.01. The molecule has 0 aliphatic carbocycles. The van der Waals surface area contributed by atoms with Crippen molar-refractivity contribution < 1.29 is 0 Å². The van der Waals surface area contributed by atoms with Gasteiger partial charge in [-0.3, -0.25) is 0 Å². The van der Waals surface area contributed by atoms with E-state index in [0.717, 1.165) is 0 Å². The van der Waals surface area contributed by atoms with Gasteiger partial charge in [-0.15, -0.1) is 0 Å². The molecule has 0 aliphatic rings. The molecule has 69 heavy (non-hydrogen) atoms. The van der Waals surface area contributed by atoms with Crippen molar-refractivity contribution in [3.63, 3.8) is 0 Å². The Labute approximate surface area is 435 Å². The molecular weight excluding hydrogens is 968 g/mol. The predicted molar refractivity (Wildman–Crippen MR) is 319 cm³/mol. The Balaban J connectivity index is 2.17. The van der Waals surface area contributed by atoms with Gasteiger partial charge in [0.2, 0.25) is 0 Å². The maximum atomic E-state index is 2.64. The number of benzene rings is 6. The van der Waals surface area contributed by atoms with Crippen LogP contribution in [0.1, 0.15) is 168 Å². The van der Waals surface area contributed by atoms with E-state index in [1.54, 1.807) is 62.0 Å². The summed E-state index contributed by atoms with van der Waals surface area (Å²) < 4.78 is 3.38. The van der Waals surface area contributed by atoms with Gasteiger partial charge in [-0.2, -0.15) is 0 Å². The standard InChI is InChI=1S/2C33H45Si.Sn/c2*1-19(2)29-27(31-23(7)14-21(5)15-24(31)8)18-28(30(20(3)4)33(29)34(11,12)13)32-25(9)16-22(6)17-26(32)10;/h2*14-17,19-20H,1-13H3;. The first-order valence-corrected chi connectivity index (χ1v) is 36.2. The first kappa shape index (κ1) is 54.9. The first-order chi connectivity index (χ1) is 31.8. The molecule has 6 aromatic rings. The van der Waals surface area contributed by atoms with Crippen LogP contribution in [-0.4, -0.2) is 37.3 Å². The van der Waals surface area contributed by atoms with Gasteiger partial charge in [-0.25, -0.2) is 0 Å². The SMILES string of the molecule is Cc1cc(C)c(-c2[c]([Sn][c]3c(-c4c(C)cc(C)cc4C)c(C(C)C)c([Si](C)(C)C)c(C(C)C)c3-c3c(C)cc(C)cc3C)c(-c3c(C)cc(C)cc3C)c(C(C)C)c([Si](C)(C)C)c2C(C)C)c(C)c1. The zero-order chi connectivity index (χ0) is 51.8. The number of hydrogen-bond donors (Lipinski definition) is 0. The van der Waals surface area contributed by atoms with Gasteiger partial charge in [0.1, 0.15) is 0 Å². The van der Waals surface area contributed by atoms with Gasteiger partial charge in [0.25, 0.3) is 0 Å². The Hall–Kier alpha value is -3.45. The van der Waals surface area contributed by atoms with E-state index in [2.05, 4.69) is 226 Å². The summed E-state index contributed by atoms with van der Waals surface area (Å²) in [6.07, 6.45) is 0. The van der Waals surface area contributed by atoms with Crippen molar-refractivity contribution in [3.8, 4) is 44.5 Å². The number of hydrogen-bond acceptors (Lipinski definition) is 0. The average molecular weight is 1060 g/mol. The molecule has 0 heterocycles. The fraction of sp³-hybridized carbons (Fsp3) is 0.455. The molecule has 0 aromatic heterocycles. The van der Waals surface area contributed by atoms with Crippen LogP contribution in [0.3, 0.4) is 0 Å². The van der Waals surface area contributed by atoms with Crippen molar-refractivity contribution >= 4 is 54.8 Å². The molecule has 0 bridgehead atoms. The molecule has 0 amide bonds. The van der Waals surface area contributed by atoms with E-state index < -0.39 is 37.3 Å². The predicted octanol–water partition coefficient (Wildman–Crippen LogP) is 17.3. The molecule has 0 unspecified atom stereocenters. The van der Waals surface area contributed by atoms with Crippen LogP contribution in [0, 0.1) is 83.1 Å². The van der Waals surface area contributed by atoms with E-state index in [0.29, 0.717) is 23.7 Å². The molecule has 0 N–H and O–H groups in total. The van der Waals surface area contributed by atoms with Crippen molar-refractivity contribution in [1.29, 1.82) is 0 Å². The molecular formula is C66H90Si2Sn. The Morgan fingerprint density at radius 2 is 0.435 bits per heavy atom. The summed E-state index contributed by atoms with van der Waals surface area (Å²) >= 11 is -1.89. The van der Waals surface area contributed by atoms with Crippen molar-refractivity contribution in [2.45, 2.75) is 201 Å². The molecule has 0 spiro atoms. The molecule has 0 aliphatic heterocycles. The van der Waals surface area contributed by atoms with Gasteiger partial charge in [-0.05, 0) is 0 Å². The van der Waals surface area contributed by atoms with Crippen LogP contribution in [0.4, 0.5) is 0 Å². The molecule has 6 rings (SSSR count). The van der Waals surface area contributed by atoms with E-state index in [1.165, 1.54) is 89.0 Å². The molecule has 3 heteroatoms. The molecule has 0 saturated carbocycles.